The Bertz CT molecular complexity index is 452. The molecule has 1 aliphatic heterocycles. The molecule has 104 valence electrons. The monoisotopic (exact) mass is 270 g/mol. The number of ether oxygens (including phenoxy) is 2. The van der Waals surface area contributed by atoms with E-state index in [1.54, 1.807) is 12.1 Å². The maximum absolute atomic E-state index is 12.2. The second-order valence-corrected chi connectivity index (χ2v) is 4.15. The molecule has 0 saturated heterocycles. The van der Waals surface area contributed by atoms with Crippen LogP contribution in [0.2, 0.25) is 0 Å². The summed E-state index contributed by atoms with van der Waals surface area (Å²) in [5, 5.41) is 0. The lowest BCUT2D eigenvalue weighted by atomic mass is 10.0. The lowest BCUT2D eigenvalue weighted by molar-refractivity contribution is -0.0499. The van der Waals surface area contributed by atoms with Crippen molar-refractivity contribution in [1.82, 2.24) is 5.43 Å². The number of nitrogens with one attached hydrogen (secondary N) is 1. The molecule has 0 radical (unpaired) electrons. The molecule has 1 atom stereocenters. The van der Waals surface area contributed by atoms with Gasteiger partial charge in [0.05, 0.1) is 6.61 Å². The van der Waals surface area contributed by atoms with Crippen LogP contribution in [0.5, 0.6) is 5.75 Å². The molecule has 0 saturated carbocycles. The predicted molar refractivity (Wildman–Crippen MR) is 66.4 cm³/mol. The summed E-state index contributed by atoms with van der Waals surface area (Å²) in [6, 6.07) is 6.05. The fourth-order valence-corrected chi connectivity index (χ4v) is 1.99. The number of nitrogens with two attached hydrogens (primary N) is 1. The molecule has 19 heavy (non-hydrogen) atoms. The summed E-state index contributed by atoms with van der Waals surface area (Å²) in [5.74, 6) is 6.34. The molecule has 0 spiro atoms. The predicted octanol–water partition coefficient (Wildman–Crippen LogP) is 2.49. The van der Waals surface area contributed by atoms with E-state index >= 15 is 0 Å². The Morgan fingerprint density at radius 3 is 2.84 bits per heavy atom. The Hall–Kier alpha value is -1.66. The van der Waals surface area contributed by atoms with Crippen molar-refractivity contribution in [3.63, 3.8) is 0 Å². The number of halogens is 2. The van der Waals surface area contributed by atoms with E-state index in [-0.39, 0.29) is 11.8 Å². The van der Waals surface area contributed by atoms with Crippen LogP contribution in [0.15, 0.2) is 36.1 Å². The number of rotatable bonds is 5. The van der Waals surface area contributed by atoms with Crippen LogP contribution in [0.1, 0.15) is 24.4 Å². The van der Waals surface area contributed by atoms with E-state index in [0.717, 1.165) is 12.8 Å². The van der Waals surface area contributed by atoms with Crippen molar-refractivity contribution in [1.29, 1.82) is 0 Å². The summed E-state index contributed by atoms with van der Waals surface area (Å²) in [7, 11) is 0. The molecule has 0 aliphatic carbocycles. The number of hydrazine groups is 1. The highest BCUT2D eigenvalue weighted by molar-refractivity contribution is 5.34. The van der Waals surface area contributed by atoms with Crippen molar-refractivity contribution in [2.45, 2.75) is 25.5 Å². The zero-order valence-corrected chi connectivity index (χ0v) is 10.3. The Kier molecular flexibility index (Phi) is 4.70. The van der Waals surface area contributed by atoms with Gasteiger partial charge < -0.3 is 9.47 Å². The summed E-state index contributed by atoms with van der Waals surface area (Å²) in [5.41, 5.74) is 3.35. The van der Waals surface area contributed by atoms with Crippen LogP contribution >= 0.6 is 0 Å². The number of alkyl halides is 2. The molecular formula is C13H16F2N2O2. The zero-order chi connectivity index (χ0) is 13.7. The van der Waals surface area contributed by atoms with Gasteiger partial charge in [-0.15, -0.1) is 0 Å². The Labute approximate surface area is 110 Å². The average molecular weight is 270 g/mol. The molecule has 1 aromatic carbocycles. The minimum absolute atomic E-state index is 0.101. The third-order valence-corrected chi connectivity index (χ3v) is 2.83. The number of hydrogen-bond acceptors (Lipinski definition) is 4. The second-order valence-electron chi connectivity index (χ2n) is 4.15. The van der Waals surface area contributed by atoms with Crippen molar-refractivity contribution < 1.29 is 18.3 Å². The lowest BCUT2D eigenvalue weighted by Gasteiger charge is -2.23. The van der Waals surface area contributed by atoms with Crippen molar-refractivity contribution >= 4 is 0 Å². The lowest BCUT2D eigenvalue weighted by Crippen LogP contribution is -2.31. The van der Waals surface area contributed by atoms with E-state index in [1.807, 2.05) is 6.08 Å². The second kappa shape index (κ2) is 6.49. The molecule has 2 rings (SSSR count). The average Bonchev–Trinajstić information content (AvgIpc) is 2.40. The molecule has 1 unspecified atom stereocenters. The Morgan fingerprint density at radius 2 is 2.21 bits per heavy atom. The molecule has 0 aromatic heterocycles. The normalized spacial score (nSPS) is 16.7. The molecule has 1 aromatic rings. The van der Waals surface area contributed by atoms with Gasteiger partial charge in [0, 0.05) is 0 Å². The topological polar surface area (TPSA) is 56.5 Å². The highest BCUT2D eigenvalue weighted by Crippen LogP contribution is 2.28. The molecule has 6 heteroatoms. The summed E-state index contributed by atoms with van der Waals surface area (Å²) in [6.45, 7) is -2.21. The van der Waals surface area contributed by atoms with Gasteiger partial charge in [-0.3, -0.25) is 5.84 Å². The summed E-state index contributed by atoms with van der Waals surface area (Å²) < 4.78 is 34.3. The number of hydrogen-bond donors (Lipinski definition) is 2. The Morgan fingerprint density at radius 1 is 1.37 bits per heavy atom. The van der Waals surface area contributed by atoms with Crippen LogP contribution in [0.4, 0.5) is 8.78 Å². The fourth-order valence-electron chi connectivity index (χ4n) is 1.99. The van der Waals surface area contributed by atoms with Gasteiger partial charge in [-0.2, -0.15) is 8.78 Å². The summed E-state index contributed by atoms with van der Waals surface area (Å²) in [4.78, 5) is 0. The van der Waals surface area contributed by atoms with Gasteiger partial charge in [-0.1, -0.05) is 12.1 Å². The van der Waals surface area contributed by atoms with Crippen LogP contribution in [-0.2, 0) is 4.74 Å². The molecule has 1 heterocycles. The van der Waals surface area contributed by atoms with Crippen LogP contribution in [0.3, 0.4) is 0 Å². The molecule has 0 bridgehead atoms. The van der Waals surface area contributed by atoms with Gasteiger partial charge in [0.1, 0.15) is 17.6 Å². The number of benzene rings is 1. The minimum atomic E-state index is -2.84. The molecule has 4 nitrogen and oxygen atoms in total. The van der Waals surface area contributed by atoms with Crippen LogP contribution in [0.25, 0.3) is 0 Å². The van der Waals surface area contributed by atoms with Crippen molar-refractivity contribution in [2.75, 3.05) is 6.61 Å². The van der Waals surface area contributed by atoms with Crippen molar-refractivity contribution in [3.8, 4) is 5.75 Å². The third kappa shape index (κ3) is 3.65. The molecule has 0 amide bonds. The first-order chi connectivity index (χ1) is 9.20. The molecule has 1 aliphatic rings. The van der Waals surface area contributed by atoms with E-state index in [2.05, 4.69) is 10.2 Å². The summed E-state index contributed by atoms with van der Waals surface area (Å²) in [6.07, 6.45) is 3.84. The van der Waals surface area contributed by atoms with Crippen LogP contribution < -0.4 is 16.0 Å². The summed E-state index contributed by atoms with van der Waals surface area (Å²) >= 11 is 0. The SMILES string of the molecule is NNC(C1=CCCCO1)c1cccc(OC(F)F)c1. The first-order valence-electron chi connectivity index (χ1n) is 6.04. The quantitative estimate of drug-likeness (QED) is 0.637. The maximum Gasteiger partial charge on any atom is 0.387 e. The van der Waals surface area contributed by atoms with E-state index in [0.29, 0.717) is 17.9 Å². The first kappa shape index (κ1) is 13.8. The standard InChI is InChI=1S/C13H16F2N2O2/c14-13(15)19-10-5-3-4-9(8-10)12(17-16)11-6-1-2-7-18-11/h3-6,8,12-13,17H,1-2,7,16H2. The maximum atomic E-state index is 12.2. The Balaban J connectivity index is 2.20. The van der Waals surface area contributed by atoms with E-state index in [1.165, 1.54) is 12.1 Å². The van der Waals surface area contributed by atoms with Gasteiger partial charge in [0.25, 0.3) is 0 Å². The minimum Gasteiger partial charge on any atom is -0.496 e. The van der Waals surface area contributed by atoms with Gasteiger partial charge in [-0.05, 0) is 36.6 Å². The van der Waals surface area contributed by atoms with Crippen LogP contribution in [0, 0.1) is 0 Å². The van der Waals surface area contributed by atoms with Gasteiger partial charge in [0.2, 0.25) is 0 Å². The van der Waals surface area contributed by atoms with Gasteiger partial charge in [-0.25, -0.2) is 5.43 Å². The fraction of sp³-hybridized carbons (Fsp3) is 0.385. The zero-order valence-electron chi connectivity index (χ0n) is 10.3. The van der Waals surface area contributed by atoms with Crippen molar-refractivity contribution in [2.24, 2.45) is 5.84 Å². The van der Waals surface area contributed by atoms with Crippen LogP contribution in [-0.4, -0.2) is 13.2 Å². The smallest absolute Gasteiger partial charge is 0.387 e. The first-order valence-corrected chi connectivity index (χ1v) is 6.04. The molecular weight excluding hydrogens is 254 g/mol. The highest BCUT2D eigenvalue weighted by atomic mass is 19.3. The van der Waals surface area contributed by atoms with E-state index < -0.39 is 6.61 Å². The van der Waals surface area contributed by atoms with E-state index in [4.69, 9.17) is 10.6 Å². The number of allylic oxidation sites excluding steroid dienone is 1. The third-order valence-electron chi connectivity index (χ3n) is 2.83. The van der Waals surface area contributed by atoms with Gasteiger partial charge >= 0.3 is 6.61 Å². The van der Waals surface area contributed by atoms with Crippen molar-refractivity contribution in [3.05, 3.63) is 41.7 Å². The largest absolute Gasteiger partial charge is 0.496 e. The molecule has 0 fully saturated rings. The van der Waals surface area contributed by atoms with E-state index in [9.17, 15) is 8.78 Å². The van der Waals surface area contributed by atoms with Gasteiger partial charge in [0.15, 0.2) is 0 Å². The highest BCUT2D eigenvalue weighted by Gasteiger charge is 2.19. The molecule has 3 N–H and O–H groups in total.